The second kappa shape index (κ2) is 5.74. The van der Waals surface area contributed by atoms with Gasteiger partial charge in [-0.2, -0.15) is 0 Å². The van der Waals surface area contributed by atoms with Crippen LogP contribution in [0, 0.1) is 12.8 Å². The summed E-state index contributed by atoms with van der Waals surface area (Å²) in [6.45, 7) is 5.74. The van der Waals surface area contributed by atoms with E-state index in [0.717, 1.165) is 50.4 Å². The Morgan fingerprint density at radius 1 is 1.39 bits per heavy atom. The van der Waals surface area contributed by atoms with Gasteiger partial charge in [0.2, 0.25) is 5.91 Å². The molecule has 0 spiro atoms. The van der Waals surface area contributed by atoms with E-state index < -0.39 is 0 Å². The van der Waals surface area contributed by atoms with Crippen LogP contribution in [-0.4, -0.2) is 32.1 Å². The van der Waals surface area contributed by atoms with Gasteiger partial charge in [0.05, 0.1) is 12.0 Å². The van der Waals surface area contributed by atoms with Crippen molar-refractivity contribution in [1.29, 1.82) is 0 Å². The summed E-state index contributed by atoms with van der Waals surface area (Å²) in [5.74, 6) is 2.32. The summed E-state index contributed by atoms with van der Waals surface area (Å²) < 4.78 is 2.12. The normalized spacial score (nSPS) is 23.5. The molecule has 4 rings (SSSR count). The maximum atomic E-state index is 13.2. The molecule has 6 heteroatoms. The van der Waals surface area contributed by atoms with Gasteiger partial charge >= 0.3 is 0 Å². The third-order valence-corrected chi connectivity index (χ3v) is 6.24. The van der Waals surface area contributed by atoms with Crippen LogP contribution in [0.4, 0.5) is 0 Å². The van der Waals surface area contributed by atoms with E-state index in [1.54, 1.807) is 0 Å². The van der Waals surface area contributed by atoms with Crippen molar-refractivity contribution in [2.45, 2.75) is 52.1 Å². The van der Waals surface area contributed by atoms with Gasteiger partial charge < -0.3 is 9.47 Å². The highest BCUT2D eigenvalue weighted by atomic mass is 32.1. The maximum Gasteiger partial charge on any atom is 0.228 e. The summed E-state index contributed by atoms with van der Waals surface area (Å²) in [7, 11) is 0. The molecule has 0 saturated heterocycles. The predicted molar refractivity (Wildman–Crippen MR) is 89.3 cm³/mol. The molecular formula is C17H22N4OS. The number of rotatable bonds is 2. The van der Waals surface area contributed by atoms with Crippen LogP contribution in [0.1, 0.15) is 47.9 Å². The molecule has 0 N–H and O–H groups in total. The van der Waals surface area contributed by atoms with Crippen molar-refractivity contribution in [3.63, 3.8) is 0 Å². The van der Waals surface area contributed by atoms with E-state index >= 15 is 0 Å². The van der Waals surface area contributed by atoms with Crippen LogP contribution in [-0.2, 0) is 24.2 Å². The van der Waals surface area contributed by atoms with Crippen LogP contribution in [0.25, 0.3) is 0 Å². The Balaban J connectivity index is 1.57. The first kappa shape index (κ1) is 14.9. The Hall–Kier alpha value is -1.69. The zero-order valence-corrected chi connectivity index (χ0v) is 14.5. The molecule has 2 aromatic heterocycles. The average Bonchev–Trinajstić information content (AvgIpc) is 3.20. The van der Waals surface area contributed by atoms with Gasteiger partial charge in [0.1, 0.15) is 11.6 Å². The van der Waals surface area contributed by atoms with E-state index in [-0.39, 0.29) is 12.0 Å². The number of aryl methyl sites for hydroxylation is 2. The van der Waals surface area contributed by atoms with Gasteiger partial charge in [0, 0.05) is 24.4 Å². The van der Waals surface area contributed by atoms with Gasteiger partial charge in [0.25, 0.3) is 0 Å². The van der Waals surface area contributed by atoms with Gasteiger partial charge in [-0.3, -0.25) is 4.79 Å². The lowest BCUT2D eigenvalue weighted by Gasteiger charge is -2.38. The van der Waals surface area contributed by atoms with Crippen molar-refractivity contribution in [1.82, 2.24) is 19.7 Å². The van der Waals surface area contributed by atoms with E-state index in [4.69, 9.17) is 0 Å². The van der Waals surface area contributed by atoms with Gasteiger partial charge in [-0.15, -0.1) is 21.5 Å². The van der Waals surface area contributed by atoms with Gasteiger partial charge in [0.15, 0.2) is 0 Å². The number of hydrogen-bond donors (Lipinski definition) is 0. The highest BCUT2D eigenvalue weighted by Gasteiger charge is 2.35. The maximum absolute atomic E-state index is 13.2. The van der Waals surface area contributed by atoms with E-state index in [2.05, 4.69) is 38.0 Å². The number of fused-ring (bicyclic) bond motifs is 2. The van der Waals surface area contributed by atoms with Gasteiger partial charge in [-0.05, 0) is 43.2 Å². The summed E-state index contributed by atoms with van der Waals surface area (Å²) >= 11 is 1.83. The molecule has 0 aromatic carbocycles. The zero-order chi connectivity index (χ0) is 16.0. The first-order valence-corrected chi connectivity index (χ1v) is 9.32. The third kappa shape index (κ3) is 2.40. The largest absolute Gasteiger partial charge is 0.335 e. The molecule has 4 heterocycles. The minimum atomic E-state index is 0.0615. The Kier molecular flexibility index (Phi) is 3.71. The molecule has 2 aliphatic rings. The third-order valence-electron chi connectivity index (χ3n) is 5.25. The number of carbonyl (C=O) groups excluding carboxylic acids is 1. The Labute approximate surface area is 140 Å². The molecular weight excluding hydrogens is 308 g/mol. The lowest BCUT2D eigenvalue weighted by Crippen LogP contribution is -2.44. The van der Waals surface area contributed by atoms with E-state index in [9.17, 15) is 4.79 Å². The molecule has 2 aliphatic heterocycles. The standard InChI is InChI=1S/C17H22N4OS/c1-3-14-13-7-9-23-15(13)6-8-20(14)17(22)12-4-5-16-19-18-11(2)21(16)10-12/h7,9,12,14H,3-6,8,10H2,1-2H3. The van der Waals surface area contributed by atoms with Gasteiger partial charge in [-0.25, -0.2) is 0 Å². The van der Waals surface area contributed by atoms with Crippen LogP contribution in [0.2, 0.25) is 0 Å². The minimum Gasteiger partial charge on any atom is -0.335 e. The van der Waals surface area contributed by atoms with Crippen molar-refractivity contribution in [2.24, 2.45) is 5.92 Å². The quantitative estimate of drug-likeness (QED) is 0.851. The number of hydrogen-bond acceptors (Lipinski definition) is 4. The molecule has 2 unspecified atom stereocenters. The molecule has 2 atom stereocenters. The first-order valence-electron chi connectivity index (χ1n) is 8.44. The van der Waals surface area contributed by atoms with Gasteiger partial charge in [-0.1, -0.05) is 6.92 Å². The molecule has 122 valence electrons. The summed E-state index contributed by atoms with van der Waals surface area (Å²) in [6.07, 6.45) is 3.73. The second-order valence-electron chi connectivity index (χ2n) is 6.51. The fraction of sp³-hybridized carbons (Fsp3) is 0.588. The first-order chi connectivity index (χ1) is 11.2. The van der Waals surface area contributed by atoms with Crippen molar-refractivity contribution >= 4 is 17.2 Å². The van der Waals surface area contributed by atoms with Crippen LogP contribution in [0.5, 0.6) is 0 Å². The van der Waals surface area contributed by atoms with Crippen LogP contribution < -0.4 is 0 Å². The summed E-state index contributed by atoms with van der Waals surface area (Å²) in [4.78, 5) is 16.8. The van der Waals surface area contributed by atoms with Crippen molar-refractivity contribution in [2.75, 3.05) is 6.54 Å². The topological polar surface area (TPSA) is 51.0 Å². The van der Waals surface area contributed by atoms with Crippen LogP contribution in [0.15, 0.2) is 11.4 Å². The van der Waals surface area contributed by atoms with Crippen molar-refractivity contribution in [3.8, 4) is 0 Å². The monoisotopic (exact) mass is 330 g/mol. The number of amides is 1. The van der Waals surface area contributed by atoms with E-state index in [0.29, 0.717) is 5.91 Å². The summed E-state index contributed by atoms with van der Waals surface area (Å²) in [5.41, 5.74) is 1.37. The number of thiophene rings is 1. The highest BCUT2D eigenvalue weighted by Crippen LogP contribution is 2.36. The molecule has 0 fully saturated rings. The van der Waals surface area contributed by atoms with E-state index in [1.807, 2.05) is 18.3 Å². The number of nitrogens with zero attached hydrogens (tertiary/aromatic N) is 4. The Morgan fingerprint density at radius 2 is 2.26 bits per heavy atom. The highest BCUT2D eigenvalue weighted by molar-refractivity contribution is 7.10. The lowest BCUT2D eigenvalue weighted by atomic mass is 9.92. The smallest absolute Gasteiger partial charge is 0.228 e. The fourth-order valence-electron chi connectivity index (χ4n) is 4.00. The van der Waals surface area contributed by atoms with Crippen molar-refractivity contribution < 1.29 is 4.79 Å². The van der Waals surface area contributed by atoms with Crippen molar-refractivity contribution in [3.05, 3.63) is 33.5 Å². The lowest BCUT2D eigenvalue weighted by molar-refractivity contribution is -0.139. The second-order valence-corrected chi connectivity index (χ2v) is 7.52. The molecule has 0 radical (unpaired) electrons. The molecule has 0 saturated carbocycles. The molecule has 23 heavy (non-hydrogen) atoms. The molecule has 5 nitrogen and oxygen atoms in total. The molecule has 0 bridgehead atoms. The molecule has 2 aromatic rings. The molecule has 1 amide bonds. The number of aromatic nitrogens is 3. The van der Waals surface area contributed by atoms with E-state index in [1.165, 1.54) is 10.4 Å². The Bertz CT molecular complexity index is 735. The molecule has 0 aliphatic carbocycles. The predicted octanol–water partition coefficient (Wildman–Crippen LogP) is 2.75. The fourth-order valence-corrected chi connectivity index (χ4v) is 4.93. The summed E-state index contributed by atoms with van der Waals surface area (Å²) in [6, 6.07) is 2.46. The van der Waals surface area contributed by atoms with Crippen LogP contribution in [0.3, 0.4) is 0 Å². The minimum absolute atomic E-state index is 0.0615. The SMILES string of the molecule is CCC1c2ccsc2CCN1C(=O)C1CCc2nnc(C)n2C1. The Morgan fingerprint density at radius 3 is 3.09 bits per heavy atom. The number of carbonyl (C=O) groups is 1. The summed E-state index contributed by atoms with van der Waals surface area (Å²) in [5, 5.41) is 10.5. The average molecular weight is 330 g/mol. The van der Waals surface area contributed by atoms with Crippen LogP contribution >= 0.6 is 11.3 Å². The zero-order valence-electron chi connectivity index (χ0n) is 13.7.